The number of furan rings is 1. The molecule has 2 aliphatic heterocycles. The first kappa shape index (κ1) is 27.6. The molecule has 4 rings (SSSR count). The normalized spacial score (nSPS) is 19.7. The van der Waals surface area contributed by atoms with Crippen LogP contribution in [0.1, 0.15) is 5.76 Å². The Morgan fingerprint density at radius 2 is 2.21 bits per heavy atom. The molecular weight excluding hydrogens is 564 g/mol. The second-order valence-corrected chi connectivity index (χ2v) is 11.7. The van der Waals surface area contributed by atoms with Crippen LogP contribution in [0.2, 0.25) is 0 Å². The van der Waals surface area contributed by atoms with Gasteiger partial charge in [0.15, 0.2) is 5.76 Å². The average molecular weight is 587 g/mol. The Morgan fingerprint density at radius 3 is 2.87 bits per heavy atom. The van der Waals surface area contributed by atoms with Crippen molar-refractivity contribution in [2.75, 3.05) is 31.4 Å². The number of thioether (sulfide) groups is 2. The summed E-state index contributed by atoms with van der Waals surface area (Å²) in [5.74, 6) is -1.97. The summed E-state index contributed by atoms with van der Waals surface area (Å²) in [5.41, 5.74) is 0.148. The maximum absolute atomic E-state index is 13.0. The highest BCUT2D eigenvalue weighted by molar-refractivity contribution is 8.01. The fourth-order valence-electron chi connectivity index (χ4n) is 3.64. The van der Waals surface area contributed by atoms with Gasteiger partial charge >= 0.3 is 5.97 Å². The lowest BCUT2D eigenvalue weighted by Crippen LogP contribution is -2.71. The molecule has 1 unspecified atom stereocenters. The lowest BCUT2D eigenvalue weighted by atomic mass is 10.0. The van der Waals surface area contributed by atoms with Crippen LogP contribution in [0.25, 0.3) is 0 Å². The van der Waals surface area contributed by atoms with Crippen LogP contribution in [0.15, 0.2) is 44.4 Å². The van der Waals surface area contributed by atoms with E-state index >= 15 is 0 Å². The van der Waals surface area contributed by atoms with E-state index in [1.165, 1.54) is 35.9 Å². The average Bonchev–Trinajstić information content (AvgIpc) is 3.55. The molecule has 4 heterocycles. The van der Waals surface area contributed by atoms with Crippen LogP contribution in [0.4, 0.5) is 0 Å². The number of carbonyl (C=O) groups is 3. The van der Waals surface area contributed by atoms with Gasteiger partial charge in [0.05, 0.1) is 19.1 Å². The van der Waals surface area contributed by atoms with Gasteiger partial charge in [-0.25, -0.2) is 22.6 Å². The van der Waals surface area contributed by atoms with Gasteiger partial charge in [-0.05, 0) is 28.1 Å². The third-order valence-corrected chi connectivity index (χ3v) is 8.36. The lowest BCUT2D eigenvalue weighted by Gasteiger charge is -2.49. The molecule has 1 fully saturated rings. The number of nitrogens with zero attached hydrogens (tertiary/aromatic N) is 6. The standard InChI is InChI=1S/C19H22N8O8S3/c1-34-23-12(11-4-3-7-35-11)15(28)21-13-16(29)27-14(18(30)31)10(8-36-17(13)27)9-37-19-22-24-25-26(19)6-5-20-38(2,32)33/h3-4,7,13,17,20H,5-6,8-9H2,1-2H3,(H,21,28)(H,30,31)/b23-12+/t13?,17-/m1/s1. The lowest BCUT2D eigenvalue weighted by molar-refractivity contribution is -0.150. The number of hydrogen-bond donors (Lipinski definition) is 3. The Labute approximate surface area is 224 Å². The summed E-state index contributed by atoms with van der Waals surface area (Å²) >= 11 is 2.46. The van der Waals surface area contributed by atoms with E-state index in [1.807, 2.05) is 0 Å². The summed E-state index contributed by atoms with van der Waals surface area (Å²) in [6, 6.07) is 2.10. The zero-order valence-electron chi connectivity index (χ0n) is 19.9. The van der Waals surface area contributed by atoms with Crippen LogP contribution in [0.3, 0.4) is 0 Å². The predicted molar refractivity (Wildman–Crippen MR) is 133 cm³/mol. The van der Waals surface area contributed by atoms with Crippen LogP contribution in [0, 0.1) is 0 Å². The summed E-state index contributed by atoms with van der Waals surface area (Å²) in [6.45, 7) is 0.243. The van der Waals surface area contributed by atoms with Gasteiger partial charge in [0.25, 0.3) is 11.8 Å². The quantitative estimate of drug-likeness (QED) is 0.114. The largest absolute Gasteiger partial charge is 0.477 e. The van der Waals surface area contributed by atoms with E-state index in [1.54, 1.807) is 6.07 Å². The van der Waals surface area contributed by atoms with Gasteiger partial charge < -0.3 is 19.7 Å². The number of oxime groups is 1. The van der Waals surface area contributed by atoms with Gasteiger partial charge in [0.1, 0.15) is 24.2 Å². The van der Waals surface area contributed by atoms with E-state index in [4.69, 9.17) is 9.25 Å². The van der Waals surface area contributed by atoms with Gasteiger partial charge in [-0.1, -0.05) is 16.9 Å². The fourth-order valence-corrected chi connectivity index (χ4v) is 6.49. The second-order valence-electron chi connectivity index (χ2n) is 7.86. The molecule has 16 nitrogen and oxygen atoms in total. The van der Waals surface area contributed by atoms with Crippen molar-refractivity contribution < 1.29 is 37.2 Å². The Hall–Kier alpha value is -3.42. The molecule has 204 valence electrons. The van der Waals surface area contributed by atoms with Gasteiger partial charge in [-0.3, -0.25) is 14.5 Å². The Morgan fingerprint density at radius 1 is 1.42 bits per heavy atom. The van der Waals surface area contributed by atoms with Crippen molar-refractivity contribution in [3.63, 3.8) is 0 Å². The number of carboxylic acids is 1. The molecule has 19 heteroatoms. The molecule has 0 spiro atoms. The number of aliphatic carboxylic acids is 1. The minimum Gasteiger partial charge on any atom is -0.477 e. The van der Waals surface area contributed by atoms with Gasteiger partial charge in [-0.15, -0.1) is 16.9 Å². The van der Waals surface area contributed by atoms with E-state index in [0.29, 0.717) is 10.7 Å². The van der Waals surface area contributed by atoms with E-state index in [-0.39, 0.29) is 41.8 Å². The third kappa shape index (κ3) is 6.00. The molecule has 0 radical (unpaired) electrons. The number of rotatable bonds is 12. The number of fused-ring (bicyclic) bond motifs is 1. The highest BCUT2D eigenvalue weighted by Gasteiger charge is 2.54. The van der Waals surface area contributed by atoms with Crippen LogP contribution in [0.5, 0.6) is 0 Å². The number of amides is 2. The van der Waals surface area contributed by atoms with E-state index in [0.717, 1.165) is 22.9 Å². The monoisotopic (exact) mass is 586 g/mol. The van der Waals surface area contributed by atoms with Crippen molar-refractivity contribution in [2.45, 2.75) is 23.1 Å². The number of carbonyl (C=O) groups excluding carboxylic acids is 2. The number of sulfonamides is 1. The molecule has 2 aliphatic rings. The summed E-state index contributed by atoms with van der Waals surface area (Å²) in [7, 11) is -2.11. The number of aromatic nitrogens is 4. The van der Waals surface area contributed by atoms with Crippen LogP contribution < -0.4 is 10.0 Å². The van der Waals surface area contributed by atoms with Crippen molar-refractivity contribution in [2.24, 2.45) is 5.16 Å². The molecule has 38 heavy (non-hydrogen) atoms. The molecule has 0 bridgehead atoms. The molecule has 1 saturated heterocycles. The minimum atomic E-state index is -3.37. The van der Waals surface area contributed by atoms with Crippen LogP contribution >= 0.6 is 23.5 Å². The first-order valence-corrected chi connectivity index (χ1v) is 14.7. The Balaban J connectivity index is 1.43. The Bertz CT molecular complexity index is 1390. The highest BCUT2D eigenvalue weighted by atomic mass is 32.2. The molecule has 2 aromatic heterocycles. The van der Waals surface area contributed by atoms with E-state index < -0.39 is 39.2 Å². The topological polar surface area (TPSA) is 211 Å². The van der Waals surface area contributed by atoms with Gasteiger partial charge in [-0.2, -0.15) is 0 Å². The maximum Gasteiger partial charge on any atom is 0.352 e. The molecular formula is C19H22N8O8S3. The SMILES string of the molecule is CO/N=C(/C(=O)NC1C(=O)N2C(C(=O)O)=C(CSc3nnnn3CCNS(C)(=O)=O)CS[C@H]12)c1ccco1. The van der Waals surface area contributed by atoms with Crippen molar-refractivity contribution in [1.29, 1.82) is 0 Å². The summed E-state index contributed by atoms with van der Waals surface area (Å²) in [5, 5.41) is 27.2. The van der Waals surface area contributed by atoms with Gasteiger partial charge in [0, 0.05) is 18.1 Å². The molecule has 3 N–H and O–H groups in total. The molecule has 2 atom stereocenters. The summed E-state index contributed by atoms with van der Waals surface area (Å²) in [4.78, 5) is 43.7. The summed E-state index contributed by atoms with van der Waals surface area (Å²) < 4.78 is 31.4. The smallest absolute Gasteiger partial charge is 0.352 e. The number of carboxylic acid groups (broad SMARTS) is 1. The number of nitrogens with one attached hydrogen (secondary N) is 2. The van der Waals surface area contributed by atoms with E-state index in [2.05, 4.69) is 30.7 Å². The number of tetrazole rings is 1. The molecule has 0 aromatic carbocycles. The van der Waals surface area contributed by atoms with Crippen LogP contribution in [-0.4, -0.2) is 105 Å². The molecule has 0 saturated carbocycles. The first-order chi connectivity index (χ1) is 18.1. The molecule has 2 aromatic rings. The van der Waals surface area contributed by atoms with Crippen LogP contribution in [-0.2, 0) is 35.8 Å². The maximum atomic E-state index is 13.0. The fraction of sp³-hybridized carbons (Fsp3) is 0.421. The van der Waals surface area contributed by atoms with E-state index in [9.17, 15) is 27.9 Å². The second kappa shape index (κ2) is 11.5. The Kier molecular flexibility index (Phi) is 8.38. The highest BCUT2D eigenvalue weighted by Crippen LogP contribution is 2.41. The zero-order chi connectivity index (χ0) is 27.4. The number of β-lactam (4-membered cyclic amide) rings is 1. The predicted octanol–water partition coefficient (Wildman–Crippen LogP) is -1.30. The third-order valence-electron chi connectivity index (χ3n) is 5.25. The first-order valence-electron chi connectivity index (χ1n) is 10.8. The molecule has 2 amide bonds. The van der Waals surface area contributed by atoms with Crippen molar-refractivity contribution >= 4 is 57.0 Å². The number of hydrogen-bond acceptors (Lipinski definition) is 13. The zero-order valence-corrected chi connectivity index (χ0v) is 22.4. The minimum absolute atomic E-state index is 0.0736. The molecule has 0 aliphatic carbocycles. The van der Waals surface area contributed by atoms with Crippen molar-refractivity contribution in [3.05, 3.63) is 35.4 Å². The van der Waals surface area contributed by atoms with Crippen molar-refractivity contribution in [1.82, 2.24) is 35.1 Å². The van der Waals surface area contributed by atoms with Gasteiger partial charge in [0.2, 0.25) is 20.9 Å². The summed E-state index contributed by atoms with van der Waals surface area (Å²) in [6.07, 6.45) is 2.39. The van der Waals surface area contributed by atoms with Crippen molar-refractivity contribution in [3.8, 4) is 0 Å².